The van der Waals surface area contributed by atoms with Gasteiger partial charge in [0, 0.05) is 32.7 Å². The van der Waals surface area contributed by atoms with Crippen molar-refractivity contribution in [3.8, 4) is 45.0 Å². The van der Waals surface area contributed by atoms with Crippen molar-refractivity contribution in [1.82, 2.24) is 19.4 Å². The Morgan fingerprint density at radius 3 is 1.39 bits per heavy atom. The number of hydrogen-bond donors (Lipinski definition) is 0. The van der Waals surface area contributed by atoms with Crippen molar-refractivity contribution in [3.63, 3.8) is 0 Å². The molecule has 250 valence electrons. The summed E-state index contributed by atoms with van der Waals surface area (Å²) in [4.78, 5) is 18.0. The first-order valence-corrected chi connectivity index (χ1v) is 18.3. The Morgan fingerprint density at radius 2 is 0.778 bits per heavy atom. The van der Waals surface area contributed by atoms with Gasteiger partial charge in [-0.05, 0) is 51.2 Å². The van der Waals surface area contributed by atoms with E-state index in [-0.39, 0.29) is 0 Å². The van der Waals surface area contributed by atoms with Crippen LogP contribution in [0.5, 0.6) is 0 Å². The molecule has 11 aromatic rings. The number of benzene rings is 8. The lowest BCUT2D eigenvalue weighted by Crippen LogP contribution is -2.18. The molecular formula is C49H29N5. The van der Waals surface area contributed by atoms with Gasteiger partial charge in [-0.1, -0.05) is 158 Å². The zero-order valence-corrected chi connectivity index (χ0v) is 29.0. The van der Waals surface area contributed by atoms with Crippen LogP contribution in [0.15, 0.2) is 176 Å². The highest BCUT2D eigenvalue weighted by Gasteiger charge is 2.31. The summed E-state index contributed by atoms with van der Waals surface area (Å²) in [6, 6.07) is 62.4. The summed E-state index contributed by atoms with van der Waals surface area (Å²) in [7, 11) is 0. The minimum absolute atomic E-state index is 0.585. The molecule has 5 heteroatoms. The molecule has 0 aliphatic carbocycles. The van der Waals surface area contributed by atoms with E-state index < -0.39 is 0 Å². The topological polar surface area (TPSA) is 46.3 Å². The molecule has 0 atom stereocenters. The number of rotatable bonds is 5. The first kappa shape index (κ1) is 29.2. The van der Waals surface area contributed by atoms with Gasteiger partial charge in [-0.15, -0.1) is 0 Å². The van der Waals surface area contributed by atoms with Crippen LogP contribution < -0.4 is 4.90 Å². The molecule has 0 amide bonds. The van der Waals surface area contributed by atoms with Gasteiger partial charge in [0.25, 0.3) is 0 Å². The number of aromatic nitrogens is 4. The lowest BCUT2D eigenvalue weighted by Gasteiger charge is -2.28. The summed E-state index contributed by atoms with van der Waals surface area (Å²) in [5.41, 5.74) is 12.2. The molecule has 0 bridgehead atoms. The second kappa shape index (κ2) is 11.1. The van der Waals surface area contributed by atoms with Crippen LogP contribution in [0.4, 0.5) is 17.3 Å². The van der Waals surface area contributed by atoms with Crippen molar-refractivity contribution in [2.45, 2.75) is 0 Å². The van der Waals surface area contributed by atoms with Gasteiger partial charge in [0.05, 0.1) is 27.9 Å². The molecule has 3 aromatic heterocycles. The Morgan fingerprint density at radius 1 is 0.315 bits per heavy atom. The maximum absolute atomic E-state index is 5.29. The highest BCUT2D eigenvalue weighted by molar-refractivity contribution is 6.28. The van der Waals surface area contributed by atoms with Gasteiger partial charge in [0.1, 0.15) is 0 Å². The Bertz CT molecular complexity index is 3170. The van der Waals surface area contributed by atoms with Crippen LogP contribution in [0.2, 0.25) is 0 Å². The number of para-hydroxylation sites is 3. The summed E-state index contributed by atoms with van der Waals surface area (Å²) in [6.07, 6.45) is 0. The van der Waals surface area contributed by atoms with Gasteiger partial charge in [-0.2, -0.15) is 9.97 Å². The lowest BCUT2D eigenvalue weighted by atomic mass is 10.00. The van der Waals surface area contributed by atoms with E-state index in [1.165, 1.54) is 60.0 Å². The summed E-state index contributed by atoms with van der Waals surface area (Å²) in [5, 5.41) is 7.43. The molecule has 0 spiro atoms. The van der Waals surface area contributed by atoms with Gasteiger partial charge < -0.3 is 4.40 Å². The lowest BCUT2D eigenvalue weighted by molar-refractivity contribution is 1.02. The summed E-state index contributed by atoms with van der Waals surface area (Å²) >= 11 is 0. The Kier molecular flexibility index (Phi) is 5.99. The second-order valence-corrected chi connectivity index (χ2v) is 14.1. The zero-order chi connectivity index (χ0) is 35.3. The van der Waals surface area contributed by atoms with E-state index in [2.05, 4.69) is 179 Å². The Hall–Kier alpha value is -7.37. The first-order chi connectivity index (χ1) is 26.8. The van der Waals surface area contributed by atoms with E-state index in [4.69, 9.17) is 15.0 Å². The third kappa shape index (κ3) is 4.18. The highest BCUT2D eigenvalue weighted by Crippen LogP contribution is 2.51. The standard InChI is InChI=1S/C49H29N5/c1-2-9-30(10-3-1)32-19-24-34(25-20-32)47-50-48(35-26-21-33(22-27-35)37-28-23-31-11-4-5-12-36(31)29-37)52-49(51-47)53-42-17-7-15-40-38-13-6-14-39-41-16-8-18-43(53)46(41)54(44(38)39)45(40)42/h1-29H. The molecule has 0 N–H and O–H groups in total. The molecule has 54 heavy (non-hydrogen) atoms. The van der Waals surface area contributed by atoms with E-state index >= 15 is 0 Å². The van der Waals surface area contributed by atoms with Crippen LogP contribution in [0.3, 0.4) is 0 Å². The van der Waals surface area contributed by atoms with Crippen LogP contribution in [0, 0.1) is 0 Å². The van der Waals surface area contributed by atoms with Gasteiger partial charge in [-0.3, -0.25) is 4.90 Å². The molecule has 0 saturated carbocycles. The largest absolute Gasteiger partial charge is 0.304 e. The molecule has 1 aliphatic heterocycles. The Balaban J connectivity index is 1.05. The molecule has 0 saturated heterocycles. The predicted molar refractivity (Wildman–Crippen MR) is 222 cm³/mol. The third-order valence-electron chi connectivity index (χ3n) is 11.1. The molecule has 4 heterocycles. The maximum Gasteiger partial charge on any atom is 0.238 e. The average Bonchev–Trinajstić information content (AvgIpc) is 3.78. The molecule has 0 fully saturated rings. The SMILES string of the molecule is c1ccc(-c2ccc(-c3nc(-c4ccc(-c5ccc6ccccc6c5)cc4)nc(N4c5cccc6c7cccc8c9cccc4c9n(c56)c78)n3)cc2)cc1. The zero-order valence-electron chi connectivity index (χ0n) is 29.0. The van der Waals surface area contributed by atoms with Gasteiger partial charge in [0.2, 0.25) is 5.95 Å². The highest BCUT2D eigenvalue weighted by atomic mass is 15.3. The van der Waals surface area contributed by atoms with Crippen LogP contribution in [-0.4, -0.2) is 19.4 Å². The third-order valence-corrected chi connectivity index (χ3v) is 11.1. The smallest absolute Gasteiger partial charge is 0.238 e. The predicted octanol–water partition coefficient (Wildman–Crippen LogP) is 12.6. The van der Waals surface area contributed by atoms with Crippen LogP contribution in [0.1, 0.15) is 0 Å². The quantitative estimate of drug-likeness (QED) is 0.181. The number of fused-ring (bicyclic) bond motifs is 3. The number of hydrogen-bond acceptors (Lipinski definition) is 4. The Labute approximate surface area is 310 Å². The first-order valence-electron chi connectivity index (χ1n) is 18.3. The fourth-order valence-corrected chi connectivity index (χ4v) is 8.57. The van der Waals surface area contributed by atoms with E-state index in [1.807, 2.05) is 6.07 Å². The van der Waals surface area contributed by atoms with Crippen molar-refractivity contribution in [3.05, 3.63) is 176 Å². The number of anilines is 3. The summed E-state index contributed by atoms with van der Waals surface area (Å²) in [5.74, 6) is 1.83. The normalized spacial score (nSPS) is 12.4. The van der Waals surface area contributed by atoms with Gasteiger partial charge in [0.15, 0.2) is 11.6 Å². The molecule has 1 aliphatic rings. The van der Waals surface area contributed by atoms with Crippen LogP contribution in [-0.2, 0) is 0 Å². The molecule has 0 radical (unpaired) electrons. The molecule has 8 aromatic carbocycles. The van der Waals surface area contributed by atoms with Crippen molar-refractivity contribution in [2.24, 2.45) is 0 Å². The number of nitrogens with zero attached hydrogens (tertiary/aromatic N) is 5. The van der Waals surface area contributed by atoms with Crippen molar-refractivity contribution in [2.75, 3.05) is 4.90 Å². The molecular weight excluding hydrogens is 659 g/mol. The molecule has 5 nitrogen and oxygen atoms in total. The molecule has 0 unspecified atom stereocenters. The van der Waals surface area contributed by atoms with Crippen molar-refractivity contribution in [1.29, 1.82) is 0 Å². The minimum Gasteiger partial charge on any atom is -0.304 e. The molecule has 12 rings (SSSR count). The summed E-state index contributed by atoms with van der Waals surface area (Å²) < 4.78 is 2.45. The van der Waals surface area contributed by atoms with Crippen molar-refractivity contribution >= 4 is 66.2 Å². The summed E-state index contributed by atoms with van der Waals surface area (Å²) in [6.45, 7) is 0. The van der Waals surface area contributed by atoms with Crippen LogP contribution >= 0.6 is 0 Å². The van der Waals surface area contributed by atoms with E-state index in [0.717, 1.165) is 33.6 Å². The van der Waals surface area contributed by atoms with E-state index in [1.54, 1.807) is 0 Å². The fraction of sp³-hybridized carbons (Fsp3) is 0. The average molecular weight is 688 g/mol. The van der Waals surface area contributed by atoms with Crippen LogP contribution in [0.25, 0.3) is 93.9 Å². The van der Waals surface area contributed by atoms with Gasteiger partial charge >= 0.3 is 0 Å². The van der Waals surface area contributed by atoms with Crippen molar-refractivity contribution < 1.29 is 0 Å². The fourth-order valence-electron chi connectivity index (χ4n) is 8.57. The maximum atomic E-state index is 5.29. The minimum atomic E-state index is 0.585. The van der Waals surface area contributed by atoms with Gasteiger partial charge in [-0.25, -0.2) is 4.98 Å². The second-order valence-electron chi connectivity index (χ2n) is 14.1. The van der Waals surface area contributed by atoms with E-state index in [9.17, 15) is 0 Å². The van der Waals surface area contributed by atoms with E-state index in [0.29, 0.717) is 17.6 Å². The monoisotopic (exact) mass is 687 g/mol.